The van der Waals surface area contributed by atoms with Gasteiger partial charge in [0.05, 0.1) is 0 Å². The summed E-state index contributed by atoms with van der Waals surface area (Å²) in [5.41, 5.74) is 0. The van der Waals surface area contributed by atoms with Crippen molar-refractivity contribution in [1.29, 1.82) is 0 Å². The van der Waals surface area contributed by atoms with Crippen LogP contribution in [-0.4, -0.2) is 37.1 Å². The van der Waals surface area contributed by atoms with E-state index in [1.54, 1.807) is 0 Å². The molecule has 0 saturated heterocycles. The monoisotopic (exact) mass is 256 g/mol. The quantitative estimate of drug-likeness (QED) is 0.533. The fraction of sp³-hybridized carbons (Fsp3) is 1.00. The van der Waals surface area contributed by atoms with Crippen molar-refractivity contribution in [2.75, 3.05) is 26.2 Å². The van der Waals surface area contributed by atoms with Crippen molar-refractivity contribution in [1.82, 2.24) is 10.2 Å². The maximum atomic E-state index is 3.47. The second-order valence-electron chi connectivity index (χ2n) is 6.15. The van der Waals surface area contributed by atoms with E-state index < -0.39 is 0 Å². The van der Waals surface area contributed by atoms with Crippen molar-refractivity contribution < 1.29 is 0 Å². The highest BCUT2D eigenvalue weighted by Gasteiger charge is 2.10. The average molecular weight is 256 g/mol. The van der Waals surface area contributed by atoms with Crippen molar-refractivity contribution in [3.63, 3.8) is 0 Å². The van der Waals surface area contributed by atoms with E-state index in [9.17, 15) is 0 Å². The summed E-state index contributed by atoms with van der Waals surface area (Å²) in [7, 11) is 0. The summed E-state index contributed by atoms with van der Waals surface area (Å²) in [5, 5.41) is 3.47. The molecule has 0 aromatic rings. The largest absolute Gasteiger partial charge is 0.317 e. The normalized spacial score (nSPS) is 12.0. The first-order valence-corrected chi connectivity index (χ1v) is 8.02. The first kappa shape index (κ1) is 17.9. The van der Waals surface area contributed by atoms with Crippen LogP contribution < -0.4 is 5.32 Å². The summed E-state index contributed by atoms with van der Waals surface area (Å²) in [4.78, 5) is 2.62. The molecular formula is C16H36N2. The molecule has 0 bridgehead atoms. The lowest BCUT2D eigenvalue weighted by molar-refractivity contribution is 0.193. The van der Waals surface area contributed by atoms with Gasteiger partial charge < -0.3 is 10.2 Å². The SMILES string of the molecule is CCCNCCCCCCN(CC(C)C)C(C)C. The lowest BCUT2D eigenvalue weighted by Crippen LogP contribution is -2.34. The van der Waals surface area contributed by atoms with Crippen LogP contribution in [0.15, 0.2) is 0 Å². The van der Waals surface area contributed by atoms with Crippen molar-refractivity contribution in [2.24, 2.45) is 5.92 Å². The highest BCUT2D eigenvalue weighted by atomic mass is 15.1. The van der Waals surface area contributed by atoms with E-state index in [0.717, 1.165) is 5.92 Å². The molecule has 18 heavy (non-hydrogen) atoms. The molecule has 0 aliphatic heterocycles. The zero-order chi connectivity index (χ0) is 13.8. The predicted octanol–water partition coefficient (Wildman–Crippen LogP) is 3.91. The number of unbranched alkanes of at least 4 members (excludes halogenated alkanes) is 3. The van der Waals surface area contributed by atoms with Crippen LogP contribution in [0.1, 0.15) is 66.7 Å². The molecule has 110 valence electrons. The van der Waals surface area contributed by atoms with Gasteiger partial charge in [-0.05, 0) is 58.7 Å². The smallest absolute Gasteiger partial charge is 0.00387 e. The molecule has 0 aromatic heterocycles. The standard InChI is InChI=1S/C16H36N2/c1-6-11-17-12-9-7-8-10-13-18(16(4)5)14-15(2)3/h15-17H,6-14H2,1-5H3. The lowest BCUT2D eigenvalue weighted by atomic mass is 10.1. The minimum atomic E-state index is 0.693. The Balaban J connectivity index is 3.44. The highest BCUT2D eigenvalue weighted by Crippen LogP contribution is 2.07. The van der Waals surface area contributed by atoms with Crippen LogP contribution in [0, 0.1) is 5.92 Å². The van der Waals surface area contributed by atoms with Gasteiger partial charge in [0, 0.05) is 12.6 Å². The zero-order valence-corrected chi connectivity index (χ0v) is 13.5. The van der Waals surface area contributed by atoms with Gasteiger partial charge in [0.15, 0.2) is 0 Å². The van der Waals surface area contributed by atoms with E-state index in [4.69, 9.17) is 0 Å². The van der Waals surface area contributed by atoms with E-state index >= 15 is 0 Å². The van der Waals surface area contributed by atoms with Gasteiger partial charge in [-0.1, -0.05) is 33.6 Å². The van der Waals surface area contributed by atoms with Crippen LogP contribution >= 0.6 is 0 Å². The molecule has 0 atom stereocenters. The average Bonchev–Trinajstić information content (AvgIpc) is 2.30. The Kier molecular flexibility index (Phi) is 11.9. The summed E-state index contributed by atoms with van der Waals surface area (Å²) < 4.78 is 0. The Hall–Kier alpha value is -0.0800. The minimum absolute atomic E-state index is 0.693. The van der Waals surface area contributed by atoms with Crippen LogP contribution in [-0.2, 0) is 0 Å². The number of nitrogens with zero attached hydrogens (tertiary/aromatic N) is 1. The van der Waals surface area contributed by atoms with E-state index in [0.29, 0.717) is 6.04 Å². The van der Waals surface area contributed by atoms with Gasteiger partial charge in [0.2, 0.25) is 0 Å². The molecular weight excluding hydrogens is 220 g/mol. The lowest BCUT2D eigenvalue weighted by Gasteiger charge is -2.28. The van der Waals surface area contributed by atoms with Crippen LogP contribution in [0.5, 0.6) is 0 Å². The maximum Gasteiger partial charge on any atom is 0.00387 e. The molecule has 0 fully saturated rings. The van der Waals surface area contributed by atoms with Crippen LogP contribution in [0.25, 0.3) is 0 Å². The maximum absolute atomic E-state index is 3.47. The number of hydrogen-bond donors (Lipinski definition) is 1. The van der Waals surface area contributed by atoms with Gasteiger partial charge in [-0.15, -0.1) is 0 Å². The summed E-state index contributed by atoms with van der Waals surface area (Å²) in [5.74, 6) is 0.783. The molecule has 0 aliphatic carbocycles. The second-order valence-corrected chi connectivity index (χ2v) is 6.15. The molecule has 0 heterocycles. The first-order valence-electron chi connectivity index (χ1n) is 8.02. The van der Waals surface area contributed by atoms with Crippen LogP contribution in [0.2, 0.25) is 0 Å². The molecule has 0 radical (unpaired) electrons. The summed E-state index contributed by atoms with van der Waals surface area (Å²) in [6, 6.07) is 0.693. The van der Waals surface area contributed by atoms with Crippen LogP contribution in [0.3, 0.4) is 0 Å². The number of nitrogens with one attached hydrogen (secondary N) is 1. The third-order valence-electron chi connectivity index (χ3n) is 3.31. The van der Waals surface area contributed by atoms with E-state index in [-0.39, 0.29) is 0 Å². The van der Waals surface area contributed by atoms with Crippen molar-refractivity contribution >= 4 is 0 Å². The Morgan fingerprint density at radius 1 is 0.889 bits per heavy atom. The third kappa shape index (κ3) is 11.0. The molecule has 1 N–H and O–H groups in total. The summed E-state index contributed by atoms with van der Waals surface area (Å²) in [6.07, 6.45) is 6.71. The van der Waals surface area contributed by atoms with E-state index in [1.165, 1.54) is 58.3 Å². The Morgan fingerprint density at radius 3 is 2.11 bits per heavy atom. The molecule has 0 amide bonds. The van der Waals surface area contributed by atoms with Crippen molar-refractivity contribution in [3.8, 4) is 0 Å². The first-order chi connectivity index (χ1) is 8.57. The van der Waals surface area contributed by atoms with Crippen molar-refractivity contribution in [2.45, 2.75) is 72.8 Å². The fourth-order valence-electron chi connectivity index (χ4n) is 2.25. The van der Waals surface area contributed by atoms with Gasteiger partial charge in [0.1, 0.15) is 0 Å². The van der Waals surface area contributed by atoms with Gasteiger partial charge in [-0.3, -0.25) is 0 Å². The third-order valence-corrected chi connectivity index (χ3v) is 3.31. The Labute approximate surface area is 116 Å². The minimum Gasteiger partial charge on any atom is -0.317 e. The molecule has 0 aliphatic rings. The Bertz CT molecular complexity index is 166. The molecule has 0 aromatic carbocycles. The zero-order valence-electron chi connectivity index (χ0n) is 13.5. The van der Waals surface area contributed by atoms with E-state index in [2.05, 4.69) is 44.8 Å². The molecule has 2 heteroatoms. The molecule has 0 unspecified atom stereocenters. The molecule has 0 spiro atoms. The van der Waals surface area contributed by atoms with Gasteiger partial charge >= 0.3 is 0 Å². The number of hydrogen-bond acceptors (Lipinski definition) is 2. The molecule has 0 saturated carbocycles. The summed E-state index contributed by atoms with van der Waals surface area (Å²) in [6.45, 7) is 16.4. The van der Waals surface area contributed by atoms with Gasteiger partial charge in [-0.2, -0.15) is 0 Å². The second kappa shape index (κ2) is 12.0. The summed E-state index contributed by atoms with van der Waals surface area (Å²) >= 11 is 0. The molecule has 2 nitrogen and oxygen atoms in total. The topological polar surface area (TPSA) is 15.3 Å². The van der Waals surface area contributed by atoms with Crippen molar-refractivity contribution in [3.05, 3.63) is 0 Å². The molecule has 0 rings (SSSR count). The van der Waals surface area contributed by atoms with Crippen LogP contribution in [0.4, 0.5) is 0 Å². The highest BCUT2D eigenvalue weighted by molar-refractivity contribution is 4.64. The van der Waals surface area contributed by atoms with E-state index in [1.807, 2.05) is 0 Å². The van der Waals surface area contributed by atoms with Gasteiger partial charge in [0.25, 0.3) is 0 Å². The Morgan fingerprint density at radius 2 is 1.56 bits per heavy atom. The predicted molar refractivity (Wildman–Crippen MR) is 83.2 cm³/mol. The van der Waals surface area contributed by atoms with Gasteiger partial charge in [-0.25, -0.2) is 0 Å². The fourth-order valence-corrected chi connectivity index (χ4v) is 2.25. The number of rotatable bonds is 12.